The Morgan fingerprint density at radius 2 is 2.33 bits per heavy atom. The van der Waals surface area contributed by atoms with Crippen molar-refractivity contribution in [2.24, 2.45) is 5.73 Å². The number of halogens is 1. The summed E-state index contributed by atoms with van der Waals surface area (Å²) < 4.78 is 1.06. The van der Waals surface area contributed by atoms with E-state index in [2.05, 4.69) is 37.9 Å². The van der Waals surface area contributed by atoms with Crippen LogP contribution in [0.25, 0.3) is 0 Å². The van der Waals surface area contributed by atoms with Crippen LogP contribution in [-0.2, 0) is 0 Å². The summed E-state index contributed by atoms with van der Waals surface area (Å²) in [5.74, 6) is 1.05. The van der Waals surface area contributed by atoms with Crippen LogP contribution in [0.3, 0.4) is 0 Å². The Bertz CT molecular complexity index is 354. The van der Waals surface area contributed by atoms with Gasteiger partial charge >= 0.3 is 0 Å². The second kappa shape index (κ2) is 4.49. The minimum absolute atomic E-state index is 0.296. The van der Waals surface area contributed by atoms with E-state index in [1.165, 1.54) is 0 Å². The maximum Gasteiger partial charge on any atom is 0.128 e. The van der Waals surface area contributed by atoms with Crippen molar-refractivity contribution < 1.29 is 0 Å². The third-order valence-corrected chi connectivity index (χ3v) is 3.63. The van der Waals surface area contributed by atoms with E-state index >= 15 is 0 Å². The van der Waals surface area contributed by atoms with Crippen LogP contribution >= 0.6 is 15.9 Å². The van der Waals surface area contributed by atoms with Crippen molar-refractivity contribution in [3.8, 4) is 0 Å². The first kappa shape index (κ1) is 10.9. The maximum absolute atomic E-state index is 5.95. The number of nitrogens with two attached hydrogens (primary N) is 1. The summed E-state index contributed by atoms with van der Waals surface area (Å²) in [7, 11) is 0. The van der Waals surface area contributed by atoms with Crippen molar-refractivity contribution in [2.45, 2.75) is 25.8 Å². The first-order valence-electron chi connectivity index (χ1n) is 5.30. The molecule has 0 aliphatic carbocycles. The van der Waals surface area contributed by atoms with Gasteiger partial charge in [-0.3, -0.25) is 0 Å². The van der Waals surface area contributed by atoms with Gasteiger partial charge in [0.15, 0.2) is 0 Å². The number of aryl methyl sites for hydroxylation is 1. The molecule has 1 aliphatic heterocycles. The van der Waals surface area contributed by atoms with Gasteiger partial charge in [-0.2, -0.15) is 0 Å². The van der Waals surface area contributed by atoms with E-state index in [9.17, 15) is 0 Å². The fourth-order valence-corrected chi connectivity index (χ4v) is 2.15. The van der Waals surface area contributed by atoms with Gasteiger partial charge in [0.1, 0.15) is 5.82 Å². The Balaban J connectivity index is 2.18. The lowest BCUT2D eigenvalue weighted by Crippen LogP contribution is -2.43. The van der Waals surface area contributed by atoms with Gasteiger partial charge in [-0.05, 0) is 47.8 Å². The Kier molecular flexibility index (Phi) is 3.26. The zero-order chi connectivity index (χ0) is 10.8. The van der Waals surface area contributed by atoms with Gasteiger partial charge in [-0.25, -0.2) is 4.98 Å². The van der Waals surface area contributed by atoms with Gasteiger partial charge in [0.2, 0.25) is 0 Å². The van der Waals surface area contributed by atoms with Crippen LogP contribution in [0, 0.1) is 6.92 Å². The molecule has 1 saturated heterocycles. The van der Waals surface area contributed by atoms with Crippen LogP contribution in [0.15, 0.2) is 16.6 Å². The molecule has 82 valence electrons. The van der Waals surface area contributed by atoms with Gasteiger partial charge in [0, 0.05) is 23.6 Å². The molecule has 0 saturated carbocycles. The van der Waals surface area contributed by atoms with Crippen LogP contribution in [-0.4, -0.2) is 24.1 Å². The van der Waals surface area contributed by atoms with Crippen LogP contribution in [0.4, 0.5) is 5.82 Å². The standard InChI is InChI=1S/C11H16BrN3/c1-8-10(12)4-5-11(14-8)15-6-2-3-9(13)7-15/h4-5,9H,2-3,6-7,13H2,1H3. The molecule has 1 aromatic heterocycles. The first-order chi connectivity index (χ1) is 7.16. The summed E-state index contributed by atoms with van der Waals surface area (Å²) in [6.07, 6.45) is 2.30. The molecule has 1 unspecified atom stereocenters. The topological polar surface area (TPSA) is 42.2 Å². The Morgan fingerprint density at radius 3 is 3.00 bits per heavy atom. The van der Waals surface area contributed by atoms with Crippen LogP contribution in [0.5, 0.6) is 0 Å². The van der Waals surface area contributed by atoms with E-state index in [0.29, 0.717) is 6.04 Å². The summed E-state index contributed by atoms with van der Waals surface area (Å²) in [6.45, 7) is 4.01. The maximum atomic E-state index is 5.95. The average Bonchev–Trinajstić information content (AvgIpc) is 2.22. The zero-order valence-electron chi connectivity index (χ0n) is 8.91. The number of aromatic nitrogens is 1. The molecule has 2 rings (SSSR count). The first-order valence-corrected chi connectivity index (χ1v) is 6.10. The Labute approximate surface area is 98.8 Å². The fraction of sp³-hybridized carbons (Fsp3) is 0.545. The van der Waals surface area contributed by atoms with Gasteiger partial charge in [0.25, 0.3) is 0 Å². The van der Waals surface area contributed by atoms with Crippen molar-refractivity contribution in [3.05, 3.63) is 22.3 Å². The average molecular weight is 270 g/mol. The van der Waals surface area contributed by atoms with E-state index in [4.69, 9.17) is 5.73 Å². The molecule has 3 nitrogen and oxygen atoms in total. The molecule has 15 heavy (non-hydrogen) atoms. The van der Waals surface area contributed by atoms with Crippen molar-refractivity contribution in [2.75, 3.05) is 18.0 Å². The second-order valence-electron chi connectivity index (χ2n) is 4.09. The van der Waals surface area contributed by atoms with Crippen LogP contribution in [0.1, 0.15) is 18.5 Å². The normalized spacial score (nSPS) is 21.8. The number of nitrogens with zero attached hydrogens (tertiary/aromatic N) is 2. The number of anilines is 1. The van der Waals surface area contributed by atoms with E-state index < -0.39 is 0 Å². The van der Waals surface area contributed by atoms with Gasteiger partial charge < -0.3 is 10.6 Å². The van der Waals surface area contributed by atoms with E-state index in [1.54, 1.807) is 0 Å². The molecular weight excluding hydrogens is 254 g/mol. The minimum Gasteiger partial charge on any atom is -0.355 e. The highest BCUT2D eigenvalue weighted by molar-refractivity contribution is 9.10. The van der Waals surface area contributed by atoms with Crippen molar-refractivity contribution >= 4 is 21.7 Å². The summed E-state index contributed by atoms with van der Waals surface area (Å²) in [5, 5.41) is 0. The lowest BCUT2D eigenvalue weighted by molar-refractivity contribution is 0.503. The molecule has 1 aromatic rings. The molecule has 1 fully saturated rings. The third-order valence-electron chi connectivity index (χ3n) is 2.79. The predicted octanol–water partition coefficient (Wildman–Crippen LogP) is 2.08. The summed E-state index contributed by atoms with van der Waals surface area (Å²) in [5.41, 5.74) is 6.99. The molecule has 0 bridgehead atoms. The van der Waals surface area contributed by atoms with Crippen LogP contribution < -0.4 is 10.6 Å². The highest BCUT2D eigenvalue weighted by Gasteiger charge is 2.17. The third kappa shape index (κ3) is 2.49. The fourth-order valence-electron chi connectivity index (χ4n) is 1.92. The van der Waals surface area contributed by atoms with Crippen molar-refractivity contribution in [1.82, 2.24) is 4.98 Å². The smallest absolute Gasteiger partial charge is 0.128 e. The predicted molar refractivity (Wildman–Crippen MR) is 66.1 cm³/mol. The van der Waals surface area contributed by atoms with Crippen molar-refractivity contribution in [3.63, 3.8) is 0 Å². The second-order valence-corrected chi connectivity index (χ2v) is 4.94. The SMILES string of the molecule is Cc1nc(N2CCCC(N)C2)ccc1Br. The molecule has 1 atom stereocenters. The molecule has 0 radical (unpaired) electrons. The Morgan fingerprint density at radius 1 is 1.53 bits per heavy atom. The lowest BCUT2D eigenvalue weighted by atomic mass is 10.1. The number of hydrogen-bond acceptors (Lipinski definition) is 3. The molecular formula is C11H16BrN3. The van der Waals surface area contributed by atoms with Crippen LogP contribution in [0.2, 0.25) is 0 Å². The minimum atomic E-state index is 0.296. The molecule has 4 heteroatoms. The molecule has 0 amide bonds. The molecule has 1 aliphatic rings. The summed E-state index contributed by atoms with van der Waals surface area (Å²) >= 11 is 3.46. The highest BCUT2D eigenvalue weighted by Crippen LogP contribution is 2.21. The summed E-state index contributed by atoms with van der Waals surface area (Å²) in [6, 6.07) is 4.40. The number of piperidine rings is 1. The molecule has 0 spiro atoms. The van der Waals surface area contributed by atoms with E-state index in [0.717, 1.165) is 41.9 Å². The van der Waals surface area contributed by atoms with E-state index in [-0.39, 0.29) is 0 Å². The van der Waals surface area contributed by atoms with Gasteiger partial charge in [-0.15, -0.1) is 0 Å². The monoisotopic (exact) mass is 269 g/mol. The molecule has 0 aromatic carbocycles. The number of rotatable bonds is 1. The Hall–Kier alpha value is -0.610. The zero-order valence-corrected chi connectivity index (χ0v) is 10.5. The molecule has 2 heterocycles. The largest absolute Gasteiger partial charge is 0.355 e. The summed E-state index contributed by atoms with van der Waals surface area (Å²) in [4.78, 5) is 6.83. The lowest BCUT2D eigenvalue weighted by Gasteiger charge is -2.31. The highest BCUT2D eigenvalue weighted by atomic mass is 79.9. The number of pyridine rings is 1. The number of hydrogen-bond donors (Lipinski definition) is 1. The van der Waals surface area contributed by atoms with E-state index in [1.807, 2.05) is 6.92 Å². The quantitative estimate of drug-likeness (QED) is 0.849. The van der Waals surface area contributed by atoms with Crippen molar-refractivity contribution in [1.29, 1.82) is 0 Å². The van der Waals surface area contributed by atoms with Gasteiger partial charge in [0.05, 0.1) is 5.69 Å². The molecule has 2 N–H and O–H groups in total. The van der Waals surface area contributed by atoms with Gasteiger partial charge in [-0.1, -0.05) is 0 Å².